The Balaban J connectivity index is 1.22. The van der Waals surface area contributed by atoms with E-state index in [0.717, 1.165) is 5.56 Å². The number of halogens is 2. The zero-order valence-electron chi connectivity index (χ0n) is 21.7. The zero-order chi connectivity index (χ0) is 28.2. The topological polar surface area (TPSA) is 87.7 Å². The molecule has 0 fully saturated rings. The number of hydrogen-bond acceptors (Lipinski definition) is 4. The first-order valence-electron chi connectivity index (χ1n) is 12.9. The monoisotopic (exact) mass is 548 g/mol. The fourth-order valence-electron chi connectivity index (χ4n) is 4.54. The summed E-state index contributed by atoms with van der Waals surface area (Å²) >= 11 is 0. The van der Waals surface area contributed by atoms with Crippen molar-refractivity contribution in [2.24, 2.45) is 0 Å². The van der Waals surface area contributed by atoms with Crippen LogP contribution >= 0.6 is 0 Å². The van der Waals surface area contributed by atoms with Crippen molar-refractivity contribution in [3.8, 4) is 34.0 Å². The molecule has 1 amide bonds. The molecular weight excluding hydrogens is 524 g/mol. The zero-order valence-corrected chi connectivity index (χ0v) is 21.7. The lowest BCUT2D eigenvalue weighted by Crippen LogP contribution is -2.41. The molecule has 41 heavy (non-hydrogen) atoms. The number of nitrogens with one attached hydrogen (secondary N) is 2. The third kappa shape index (κ3) is 5.79. The van der Waals surface area contributed by atoms with E-state index in [4.69, 9.17) is 4.42 Å². The molecule has 1 atom stereocenters. The van der Waals surface area contributed by atoms with Crippen molar-refractivity contribution >= 4 is 5.91 Å². The molecule has 0 radical (unpaired) electrons. The van der Waals surface area contributed by atoms with Gasteiger partial charge in [-0.3, -0.25) is 9.78 Å². The van der Waals surface area contributed by atoms with Crippen molar-refractivity contribution in [2.45, 2.75) is 12.6 Å². The summed E-state index contributed by atoms with van der Waals surface area (Å²) in [5.74, 6) is -0.468. The van der Waals surface area contributed by atoms with Gasteiger partial charge < -0.3 is 9.73 Å². The minimum atomic E-state index is -0.672. The number of amides is 1. The van der Waals surface area contributed by atoms with Crippen LogP contribution in [0.1, 0.15) is 22.0 Å². The highest BCUT2D eigenvalue weighted by Crippen LogP contribution is 2.27. The van der Waals surface area contributed by atoms with Gasteiger partial charge in [0, 0.05) is 22.3 Å². The van der Waals surface area contributed by atoms with Gasteiger partial charge in [0.1, 0.15) is 30.6 Å². The molecule has 0 aliphatic rings. The third-order valence-corrected chi connectivity index (χ3v) is 6.69. The van der Waals surface area contributed by atoms with Crippen molar-refractivity contribution in [3.63, 3.8) is 0 Å². The fourth-order valence-corrected chi connectivity index (χ4v) is 4.54. The third-order valence-electron chi connectivity index (χ3n) is 6.69. The number of rotatable bonds is 8. The molecule has 7 nitrogen and oxygen atoms in total. The van der Waals surface area contributed by atoms with Crippen LogP contribution in [0.25, 0.3) is 34.0 Å². The normalized spacial score (nSPS) is 11.8. The maximum Gasteiger partial charge on any atom is 0.251 e. The molecule has 0 saturated heterocycles. The minimum Gasteiger partial charge on any atom is -0.416 e. The van der Waals surface area contributed by atoms with Gasteiger partial charge in [-0.1, -0.05) is 42.5 Å². The standard InChI is InChI=1S/C32H23F2N5O2/c33-26-13-10-21(11-14-26)25-12-15-27(28(34)18-25)29(19-39-17-16-35-20-39)36-30(40)22-6-8-24(9-7-22)32-38-37-31(41-32)23-4-2-1-3-5-23/h1-18,20,29H,19H2,(H,36,40)/p+1/t29-/m0/s1. The lowest BCUT2D eigenvalue weighted by molar-refractivity contribution is -0.698. The summed E-state index contributed by atoms with van der Waals surface area (Å²) in [4.78, 5) is 16.2. The number of benzene rings is 4. The molecule has 9 heteroatoms. The molecule has 0 aliphatic heterocycles. The predicted octanol–water partition coefficient (Wildman–Crippen LogP) is 6.14. The molecule has 4 aromatic carbocycles. The van der Waals surface area contributed by atoms with E-state index in [2.05, 4.69) is 20.5 Å². The first-order chi connectivity index (χ1) is 20.0. The Morgan fingerprint density at radius 2 is 1.49 bits per heavy atom. The summed E-state index contributed by atoms with van der Waals surface area (Å²) in [6.07, 6.45) is 5.27. The Hall–Kier alpha value is -5.44. The maximum absolute atomic E-state index is 15.4. The summed E-state index contributed by atoms with van der Waals surface area (Å²) < 4.78 is 36.4. The average molecular weight is 549 g/mol. The van der Waals surface area contributed by atoms with Crippen LogP contribution in [0.5, 0.6) is 0 Å². The predicted molar refractivity (Wildman–Crippen MR) is 148 cm³/mol. The number of H-pyrrole nitrogens is 1. The van der Waals surface area contributed by atoms with Gasteiger partial charge in [0.15, 0.2) is 0 Å². The van der Waals surface area contributed by atoms with E-state index in [1.165, 1.54) is 18.2 Å². The number of aromatic nitrogens is 4. The van der Waals surface area contributed by atoms with Gasteiger partial charge in [0.2, 0.25) is 18.1 Å². The van der Waals surface area contributed by atoms with E-state index in [1.54, 1.807) is 67.3 Å². The molecule has 0 spiro atoms. The van der Waals surface area contributed by atoms with Crippen LogP contribution in [0.15, 0.2) is 120 Å². The SMILES string of the molecule is O=C(N[C@@H](C[n+]1cc[nH]c1)c1ccc(-c2ccc(F)cc2)cc1F)c1ccc(-c2nnc(-c3ccccc3)o2)cc1. The van der Waals surface area contributed by atoms with Crippen molar-refractivity contribution in [3.05, 3.63) is 139 Å². The summed E-state index contributed by atoms with van der Waals surface area (Å²) in [5.41, 5.74) is 3.50. The van der Waals surface area contributed by atoms with Crippen molar-refractivity contribution in [2.75, 3.05) is 0 Å². The highest BCUT2D eigenvalue weighted by Gasteiger charge is 2.23. The Morgan fingerprint density at radius 3 is 2.15 bits per heavy atom. The molecular formula is C32H24F2N5O2+. The van der Waals surface area contributed by atoms with Gasteiger partial charge in [-0.25, -0.2) is 13.3 Å². The molecule has 6 rings (SSSR count). The van der Waals surface area contributed by atoms with Gasteiger partial charge in [-0.05, 0) is 65.7 Å². The quantitative estimate of drug-likeness (QED) is 0.224. The first kappa shape index (κ1) is 25.8. The Kier molecular flexibility index (Phi) is 7.15. The number of carbonyl (C=O) groups excluding carboxylic acids is 1. The van der Waals surface area contributed by atoms with E-state index in [0.29, 0.717) is 46.1 Å². The maximum atomic E-state index is 15.4. The van der Waals surface area contributed by atoms with E-state index >= 15 is 4.39 Å². The van der Waals surface area contributed by atoms with Crippen LogP contribution < -0.4 is 9.88 Å². The number of hydrogen-bond donors (Lipinski definition) is 2. The molecule has 202 valence electrons. The van der Waals surface area contributed by atoms with Crippen LogP contribution in [0, 0.1) is 11.6 Å². The van der Waals surface area contributed by atoms with Gasteiger partial charge in [0.25, 0.3) is 5.91 Å². The van der Waals surface area contributed by atoms with Crippen LogP contribution in [0.4, 0.5) is 8.78 Å². The van der Waals surface area contributed by atoms with E-state index < -0.39 is 11.9 Å². The lowest BCUT2D eigenvalue weighted by Gasteiger charge is -2.19. The Labute approximate surface area is 234 Å². The van der Waals surface area contributed by atoms with Gasteiger partial charge in [0.05, 0.1) is 6.04 Å². The molecule has 6 aromatic rings. The van der Waals surface area contributed by atoms with Crippen molar-refractivity contribution < 1.29 is 22.6 Å². The van der Waals surface area contributed by atoms with Crippen LogP contribution in [-0.2, 0) is 6.54 Å². The summed E-state index contributed by atoms with van der Waals surface area (Å²) in [7, 11) is 0. The average Bonchev–Trinajstić information content (AvgIpc) is 3.71. The van der Waals surface area contributed by atoms with E-state index in [-0.39, 0.29) is 11.7 Å². The molecule has 2 aromatic heterocycles. The summed E-state index contributed by atoms with van der Waals surface area (Å²) in [6, 6.07) is 26.2. The Bertz CT molecular complexity index is 1770. The smallest absolute Gasteiger partial charge is 0.251 e. The van der Waals surface area contributed by atoms with Crippen LogP contribution in [0.3, 0.4) is 0 Å². The second-order valence-electron chi connectivity index (χ2n) is 9.43. The molecule has 2 N–H and O–H groups in total. The molecule has 0 aliphatic carbocycles. The second-order valence-corrected chi connectivity index (χ2v) is 9.43. The van der Waals surface area contributed by atoms with E-state index in [1.807, 2.05) is 34.9 Å². The number of nitrogens with zero attached hydrogens (tertiary/aromatic N) is 3. The van der Waals surface area contributed by atoms with Gasteiger partial charge in [-0.15, -0.1) is 10.2 Å². The van der Waals surface area contributed by atoms with Crippen LogP contribution in [0.2, 0.25) is 0 Å². The Morgan fingerprint density at radius 1 is 0.829 bits per heavy atom. The van der Waals surface area contributed by atoms with E-state index in [9.17, 15) is 9.18 Å². The summed E-state index contributed by atoms with van der Waals surface area (Å²) in [6.45, 7) is 0.296. The number of carbonyl (C=O) groups is 1. The van der Waals surface area contributed by atoms with Gasteiger partial charge >= 0.3 is 0 Å². The van der Waals surface area contributed by atoms with Gasteiger partial charge in [-0.2, -0.15) is 0 Å². The second kappa shape index (κ2) is 11.4. The molecule has 2 heterocycles. The number of imidazole rings is 1. The molecule has 0 unspecified atom stereocenters. The summed E-state index contributed by atoms with van der Waals surface area (Å²) in [5, 5.41) is 11.2. The highest BCUT2D eigenvalue weighted by molar-refractivity contribution is 5.94. The highest BCUT2D eigenvalue weighted by atomic mass is 19.1. The fraction of sp³-hybridized carbons (Fsp3) is 0.0625. The van der Waals surface area contributed by atoms with Crippen molar-refractivity contribution in [1.82, 2.24) is 20.5 Å². The molecule has 0 saturated carbocycles. The minimum absolute atomic E-state index is 0.296. The van der Waals surface area contributed by atoms with Crippen molar-refractivity contribution in [1.29, 1.82) is 0 Å². The number of aromatic amines is 1. The largest absolute Gasteiger partial charge is 0.416 e. The van der Waals surface area contributed by atoms with Crippen LogP contribution in [-0.4, -0.2) is 21.1 Å². The lowest BCUT2D eigenvalue weighted by atomic mass is 9.99. The first-order valence-corrected chi connectivity index (χ1v) is 12.9. The molecule has 0 bridgehead atoms.